The van der Waals surface area contributed by atoms with Gasteiger partial charge in [-0.25, -0.2) is 9.97 Å². The summed E-state index contributed by atoms with van der Waals surface area (Å²) in [6, 6.07) is 0. The minimum absolute atomic E-state index is 0.700. The molecule has 0 N–H and O–H groups in total. The normalized spacial score (nSPS) is 10.0. The van der Waals surface area contributed by atoms with Crippen LogP contribution in [-0.2, 0) is 0 Å². The van der Waals surface area contributed by atoms with E-state index in [4.69, 9.17) is 4.42 Å². The van der Waals surface area contributed by atoms with Crippen molar-refractivity contribution in [1.82, 2.24) is 9.97 Å². The number of rotatable bonds is 1. The van der Waals surface area contributed by atoms with Crippen LogP contribution in [0.5, 0.6) is 0 Å². The molecule has 0 aliphatic rings. The summed E-state index contributed by atoms with van der Waals surface area (Å²) < 4.78 is 4.99. The maximum Gasteiger partial charge on any atom is 0.182 e. The van der Waals surface area contributed by atoms with Crippen molar-refractivity contribution in [2.24, 2.45) is 0 Å². The Morgan fingerprint density at radius 2 is 2.60 bits per heavy atom. The lowest BCUT2D eigenvalue weighted by Gasteiger charge is -1.81. The van der Waals surface area contributed by atoms with Crippen LogP contribution in [0.15, 0.2) is 22.4 Å². The number of hydrogen-bond donors (Lipinski definition) is 0. The van der Waals surface area contributed by atoms with E-state index in [0.29, 0.717) is 5.76 Å². The zero-order valence-corrected chi connectivity index (χ0v) is 5.76. The Hall–Kier alpha value is -1.16. The third kappa shape index (κ3) is 0.823. The van der Waals surface area contributed by atoms with Crippen molar-refractivity contribution in [1.29, 1.82) is 0 Å². The molecule has 10 heavy (non-hydrogen) atoms. The van der Waals surface area contributed by atoms with E-state index >= 15 is 0 Å². The Balaban J connectivity index is 2.48. The molecule has 0 amide bonds. The van der Waals surface area contributed by atoms with Crippen LogP contribution < -0.4 is 0 Å². The van der Waals surface area contributed by atoms with Crippen LogP contribution in [0.25, 0.3) is 10.8 Å². The van der Waals surface area contributed by atoms with Gasteiger partial charge in [-0.05, 0) is 0 Å². The Bertz CT molecular complexity index is 255. The fourth-order valence-electron chi connectivity index (χ4n) is 0.628. The topological polar surface area (TPSA) is 38.9 Å². The first-order valence-electron chi connectivity index (χ1n) is 2.67. The minimum Gasteiger partial charge on any atom is -0.441 e. The van der Waals surface area contributed by atoms with E-state index in [2.05, 4.69) is 16.2 Å². The summed E-state index contributed by atoms with van der Waals surface area (Å²) in [5.41, 5.74) is 0. The van der Waals surface area contributed by atoms with Crippen molar-refractivity contribution >= 4 is 11.3 Å². The lowest BCUT2D eigenvalue weighted by molar-refractivity contribution is 0.571. The summed E-state index contributed by atoms with van der Waals surface area (Å²) in [5.74, 6) is 0.700. The van der Waals surface area contributed by atoms with Gasteiger partial charge in [-0.15, -0.1) is 11.3 Å². The molecule has 0 spiro atoms. The summed E-state index contributed by atoms with van der Waals surface area (Å²) in [5, 5.41) is 2.59. The van der Waals surface area contributed by atoms with E-state index < -0.39 is 0 Å². The molecule has 0 bridgehead atoms. The van der Waals surface area contributed by atoms with E-state index in [1.807, 2.05) is 0 Å². The fourth-order valence-corrected chi connectivity index (χ4v) is 1.17. The smallest absolute Gasteiger partial charge is 0.182 e. The zero-order chi connectivity index (χ0) is 6.81. The Kier molecular flexibility index (Phi) is 1.25. The van der Waals surface area contributed by atoms with E-state index in [9.17, 15) is 0 Å². The molecule has 2 rings (SSSR count). The highest BCUT2D eigenvalue weighted by Crippen LogP contribution is 2.19. The van der Waals surface area contributed by atoms with Crippen molar-refractivity contribution in [2.75, 3.05) is 0 Å². The van der Waals surface area contributed by atoms with Crippen molar-refractivity contribution in [3.63, 3.8) is 0 Å². The molecule has 0 atom stereocenters. The molecule has 0 saturated heterocycles. The van der Waals surface area contributed by atoms with Gasteiger partial charge in [0.25, 0.3) is 0 Å². The van der Waals surface area contributed by atoms with Gasteiger partial charge in [0.2, 0.25) is 0 Å². The quantitative estimate of drug-likeness (QED) is 0.621. The molecule has 0 saturated carbocycles. The lowest BCUT2D eigenvalue weighted by Crippen LogP contribution is -1.66. The molecule has 4 heteroatoms. The van der Waals surface area contributed by atoms with Crippen molar-refractivity contribution in [2.45, 2.75) is 0 Å². The lowest BCUT2D eigenvalue weighted by atomic mass is 10.5. The molecule has 0 aromatic carbocycles. The van der Waals surface area contributed by atoms with Crippen molar-refractivity contribution < 1.29 is 4.42 Å². The maximum absolute atomic E-state index is 4.99. The number of hydrogen-bond acceptors (Lipinski definition) is 4. The maximum atomic E-state index is 4.99. The highest BCUT2D eigenvalue weighted by Gasteiger charge is 2.01. The van der Waals surface area contributed by atoms with E-state index in [1.165, 1.54) is 17.7 Å². The summed E-state index contributed by atoms with van der Waals surface area (Å²) >= 11 is 1.48. The van der Waals surface area contributed by atoms with Crippen LogP contribution >= 0.6 is 11.3 Å². The third-order valence-electron chi connectivity index (χ3n) is 1.03. The average Bonchev–Trinajstić information content (AvgIpc) is 2.59. The predicted octanol–water partition coefficient (Wildman–Crippen LogP) is 1.60. The van der Waals surface area contributed by atoms with E-state index in [0.717, 1.165) is 5.01 Å². The molecule has 49 valence electrons. The molecule has 2 aromatic heterocycles. The highest BCUT2D eigenvalue weighted by atomic mass is 32.1. The SMILES string of the molecule is [c]1csc(-c2cnco2)n1. The molecule has 0 fully saturated rings. The highest BCUT2D eigenvalue weighted by molar-refractivity contribution is 7.12. The molecule has 1 radical (unpaired) electrons. The van der Waals surface area contributed by atoms with Crippen LogP contribution in [0.2, 0.25) is 0 Å². The number of aromatic nitrogens is 2. The summed E-state index contributed by atoms with van der Waals surface area (Å²) in [4.78, 5) is 7.68. The Labute approximate surface area is 61.4 Å². The zero-order valence-electron chi connectivity index (χ0n) is 4.94. The number of nitrogens with zero attached hydrogens (tertiary/aromatic N) is 2. The van der Waals surface area contributed by atoms with Gasteiger partial charge in [-0.3, -0.25) is 0 Å². The molecular formula is C6H3N2OS. The number of oxazole rings is 1. The van der Waals surface area contributed by atoms with Gasteiger partial charge in [-0.2, -0.15) is 0 Å². The van der Waals surface area contributed by atoms with Gasteiger partial charge in [0.1, 0.15) is 6.20 Å². The van der Waals surface area contributed by atoms with Gasteiger partial charge in [0.05, 0.1) is 6.20 Å². The van der Waals surface area contributed by atoms with Gasteiger partial charge in [-0.1, -0.05) is 0 Å². The molecule has 0 aliphatic heterocycles. The molecule has 0 aliphatic carbocycles. The van der Waals surface area contributed by atoms with Gasteiger partial charge < -0.3 is 4.42 Å². The first kappa shape index (κ1) is 5.61. The van der Waals surface area contributed by atoms with Crippen molar-refractivity contribution in [3.05, 3.63) is 24.2 Å². The Morgan fingerprint density at radius 1 is 1.60 bits per heavy atom. The minimum atomic E-state index is 0.700. The van der Waals surface area contributed by atoms with E-state index in [-0.39, 0.29) is 0 Å². The van der Waals surface area contributed by atoms with Crippen LogP contribution in [0.3, 0.4) is 0 Å². The molecule has 3 nitrogen and oxygen atoms in total. The molecule has 0 unspecified atom stereocenters. The molecular weight excluding hydrogens is 148 g/mol. The monoisotopic (exact) mass is 151 g/mol. The predicted molar refractivity (Wildman–Crippen MR) is 36.4 cm³/mol. The fraction of sp³-hybridized carbons (Fsp3) is 0. The summed E-state index contributed by atoms with van der Waals surface area (Å²) in [7, 11) is 0. The van der Waals surface area contributed by atoms with E-state index in [1.54, 1.807) is 11.6 Å². The second kappa shape index (κ2) is 2.22. The Morgan fingerprint density at radius 3 is 3.20 bits per heavy atom. The van der Waals surface area contributed by atoms with Gasteiger partial charge in [0, 0.05) is 5.38 Å². The summed E-state index contributed by atoms with van der Waals surface area (Å²) in [6.45, 7) is 0. The van der Waals surface area contributed by atoms with Crippen LogP contribution in [0, 0.1) is 6.20 Å². The third-order valence-corrected chi connectivity index (χ3v) is 1.77. The van der Waals surface area contributed by atoms with Gasteiger partial charge >= 0.3 is 0 Å². The van der Waals surface area contributed by atoms with Crippen LogP contribution in [0.4, 0.5) is 0 Å². The number of thiazole rings is 1. The van der Waals surface area contributed by atoms with Crippen LogP contribution in [-0.4, -0.2) is 9.97 Å². The largest absolute Gasteiger partial charge is 0.441 e. The van der Waals surface area contributed by atoms with Gasteiger partial charge in [0.15, 0.2) is 17.2 Å². The average molecular weight is 151 g/mol. The second-order valence-corrected chi connectivity index (χ2v) is 2.51. The standard InChI is InChI=1S/C6H3N2OS/c1-2-10-6(8-1)5-3-7-4-9-5/h2-4H. The van der Waals surface area contributed by atoms with Crippen molar-refractivity contribution in [3.8, 4) is 10.8 Å². The van der Waals surface area contributed by atoms with Crippen LogP contribution in [0.1, 0.15) is 0 Å². The summed E-state index contributed by atoms with van der Waals surface area (Å²) in [6.07, 6.45) is 5.72. The molecule has 2 aromatic rings. The molecule has 2 heterocycles. The first-order valence-corrected chi connectivity index (χ1v) is 3.55. The second-order valence-electron chi connectivity index (χ2n) is 1.65. The first-order chi connectivity index (χ1) is 4.97.